The summed E-state index contributed by atoms with van der Waals surface area (Å²) in [6, 6.07) is 10.3. The van der Waals surface area contributed by atoms with Crippen LogP contribution in [0, 0.1) is 6.92 Å². The Morgan fingerprint density at radius 2 is 1.32 bits per heavy atom. The van der Waals surface area contributed by atoms with E-state index in [1.54, 1.807) is 0 Å². The Morgan fingerprint density at radius 1 is 0.909 bits per heavy atom. The van der Waals surface area contributed by atoms with Crippen LogP contribution in [0.3, 0.4) is 0 Å². The molecule has 1 aliphatic rings. The van der Waals surface area contributed by atoms with Crippen molar-refractivity contribution in [2.24, 2.45) is 0 Å². The Morgan fingerprint density at radius 3 is 1.55 bits per heavy atom. The van der Waals surface area contributed by atoms with E-state index in [0.29, 0.717) is 19.4 Å². The van der Waals surface area contributed by atoms with Crippen LogP contribution in [-0.4, -0.2) is 23.3 Å². The van der Waals surface area contributed by atoms with Gasteiger partial charge in [0.05, 0.1) is 0 Å². The number of likely N-dealkylation sites (tertiary alicyclic amines) is 1. The maximum absolute atomic E-state index is 10.9. The molecule has 0 atom stereocenters. The van der Waals surface area contributed by atoms with E-state index in [1.165, 1.54) is 16.9 Å². The van der Waals surface area contributed by atoms with Crippen LogP contribution in [0.25, 0.3) is 0 Å². The molecule has 0 saturated carbocycles. The zero-order valence-corrected chi connectivity index (χ0v) is 15.2. The van der Waals surface area contributed by atoms with E-state index in [1.807, 2.05) is 39.0 Å². The normalized spacial score (nSPS) is 12.9. The Bertz CT molecular complexity index is 372. The lowest BCUT2D eigenvalue weighted by Gasteiger charge is -2.22. The Hall–Kier alpha value is -1.64. The average Bonchev–Trinajstić information content (AvgIpc) is 2.52. The van der Waals surface area contributed by atoms with Gasteiger partial charge in [0.15, 0.2) is 0 Å². The van der Waals surface area contributed by atoms with E-state index in [-0.39, 0.29) is 11.8 Å². The first-order chi connectivity index (χ1) is 10.6. The number of hydrogen-bond donors (Lipinski definition) is 0. The molecule has 0 radical (unpaired) electrons. The topological polar surface area (TPSA) is 37.4 Å². The lowest BCUT2D eigenvalue weighted by Crippen LogP contribution is -2.39. The molecule has 0 aromatic heterocycles. The highest BCUT2D eigenvalue weighted by atomic mass is 16.2. The van der Waals surface area contributed by atoms with Crippen LogP contribution in [0.2, 0.25) is 0 Å². The number of rotatable bonds is 1. The number of carbonyl (C=O) groups excluding carboxylic acids is 2. The fraction of sp³-hybridized carbons (Fsp3) is 0.579. The summed E-state index contributed by atoms with van der Waals surface area (Å²) in [6.45, 7) is 12.7. The van der Waals surface area contributed by atoms with Crippen molar-refractivity contribution < 1.29 is 9.59 Å². The maximum Gasteiger partial charge on any atom is 0.229 e. The first-order valence-electron chi connectivity index (χ1n) is 8.41. The maximum atomic E-state index is 10.9. The minimum atomic E-state index is -0.0150. The number of piperidine rings is 1. The monoisotopic (exact) mass is 307 g/mol. The summed E-state index contributed by atoms with van der Waals surface area (Å²) in [5.41, 5.74) is 1.32. The third kappa shape index (κ3) is 11.1. The molecule has 2 rings (SSSR count). The lowest BCUT2D eigenvalue weighted by atomic mass is 10.1. The molecule has 1 fully saturated rings. The van der Waals surface area contributed by atoms with E-state index in [0.717, 1.165) is 6.42 Å². The number of carbonyl (C=O) groups is 2. The van der Waals surface area contributed by atoms with E-state index in [9.17, 15) is 9.59 Å². The second kappa shape index (κ2) is 15.7. The molecule has 2 amide bonds. The molecule has 1 heterocycles. The third-order valence-corrected chi connectivity index (χ3v) is 2.64. The summed E-state index contributed by atoms with van der Waals surface area (Å²) < 4.78 is 0. The van der Waals surface area contributed by atoms with Crippen molar-refractivity contribution in [3.63, 3.8) is 0 Å². The first kappa shape index (κ1) is 22.6. The van der Waals surface area contributed by atoms with Crippen molar-refractivity contribution in [1.29, 1.82) is 0 Å². The number of amides is 2. The number of aryl methyl sites for hydroxylation is 1. The largest absolute Gasteiger partial charge is 0.283 e. The standard InChI is InChI=1S/C7H11NO2.C7H8.C3H8.C2H6/c1-2-8-6(9)4-3-5-7(8)10;1-7-5-3-2-4-6-7;1-3-2;1-2/h2-5H2,1H3;2-6H,1H3;3H2,1-2H3;1-2H3. The molecule has 0 N–H and O–H groups in total. The summed E-state index contributed by atoms with van der Waals surface area (Å²) in [6.07, 6.45) is 3.06. The quantitative estimate of drug-likeness (QED) is 0.686. The Labute approximate surface area is 136 Å². The van der Waals surface area contributed by atoms with Gasteiger partial charge >= 0.3 is 0 Å². The second-order valence-corrected chi connectivity index (χ2v) is 4.75. The van der Waals surface area contributed by atoms with Gasteiger partial charge < -0.3 is 0 Å². The van der Waals surface area contributed by atoms with Gasteiger partial charge in [0.1, 0.15) is 0 Å². The summed E-state index contributed by atoms with van der Waals surface area (Å²) in [5.74, 6) is -0.0301. The molecule has 1 aliphatic heterocycles. The molecular weight excluding hydrogens is 274 g/mol. The molecule has 0 aliphatic carbocycles. The Kier molecular flexibility index (Phi) is 16.2. The van der Waals surface area contributed by atoms with Crippen molar-refractivity contribution >= 4 is 11.8 Å². The van der Waals surface area contributed by atoms with Crippen molar-refractivity contribution in [3.05, 3.63) is 35.9 Å². The first-order valence-corrected chi connectivity index (χ1v) is 8.41. The minimum Gasteiger partial charge on any atom is -0.283 e. The third-order valence-electron chi connectivity index (χ3n) is 2.64. The van der Waals surface area contributed by atoms with E-state index < -0.39 is 0 Å². The molecule has 1 aromatic rings. The van der Waals surface area contributed by atoms with Crippen LogP contribution in [0.5, 0.6) is 0 Å². The molecule has 3 heteroatoms. The lowest BCUT2D eigenvalue weighted by molar-refractivity contribution is -0.147. The number of imide groups is 1. The van der Waals surface area contributed by atoms with Crippen LogP contribution in [0.15, 0.2) is 30.3 Å². The smallest absolute Gasteiger partial charge is 0.229 e. The van der Waals surface area contributed by atoms with Crippen molar-refractivity contribution in [3.8, 4) is 0 Å². The van der Waals surface area contributed by atoms with E-state index >= 15 is 0 Å². The van der Waals surface area contributed by atoms with Gasteiger partial charge in [-0.3, -0.25) is 14.5 Å². The van der Waals surface area contributed by atoms with Gasteiger partial charge in [-0.1, -0.05) is 70.0 Å². The SMILES string of the molecule is CC.CCC.CCN1C(=O)CCCC1=O.Cc1ccccc1. The fourth-order valence-corrected chi connectivity index (χ4v) is 1.69. The van der Waals surface area contributed by atoms with Gasteiger partial charge in [-0.15, -0.1) is 0 Å². The van der Waals surface area contributed by atoms with Gasteiger partial charge in [0.25, 0.3) is 0 Å². The van der Waals surface area contributed by atoms with Crippen LogP contribution in [-0.2, 0) is 9.59 Å². The van der Waals surface area contributed by atoms with Crippen molar-refractivity contribution in [2.45, 2.75) is 67.2 Å². The molecule has 0 unspecified atom stereocenters. The second-order valence-electron chi connectivity index (χ2n) is 4.75. The van der Waals surface area contributed by atoms with E-state index in [2.05, 4.69) is 32.9 Å². The number of benzene rings is 1. The highest BCUT2D eigenvalue weighted by Gasteiger charge is 2.23. The zero-order chi connectivity index (χ0) is 17.4. The van der Waals surface area contributed by atoms with Crippen molar-refractivity contribution in [1.82, 2.24) is 4.90 Å². The molecule has 1 aromatic carbocycles. The molecule has 0 bridgehead atoms. The highest BCUT2D eigenvalue weighted by molar-refractivity contribution is 5.97. The minimum absolute atomic E-state index is 0.0150. The van der Waals surface area contributed by atoms with E-state index in [4.69, 9.17) is 0 Å². The summed E-state index contributed by atoms with van der Waals surface area (Å²) >= 11 is 0. The summed E-state index contributed by atoms with van der Waals surface area (Å²) in [7, 11) is 0. The van der Waals surface area contributed by atoms with Gasteiger partial charge in [-0.2, -0.15) is 0 Å². The molecule has 22 heavy (non-hydrogen) atoms. The molecule has 126 valence electrons. The average molecular weight is 307 g/mol. The van der Waals surface area contributed by atoms with Crippen molar-refractivity contribution in [2.75, 3.05) is 6.54 Å². The van der Waals surface area contributed by atoms with Crippen LogP contribution in [0.1, 0.15) is 65.9 Å². The highest BCUT2D eigenvalue weighted by Crippen LogP contribution is 2.10. The molecule has 3 nitrogen and oxygen atoms in total. The molecular formula is C19H33NO2. The zero-order valence-electron chi connectivity index (χ0n) is 15.2. The van der Waals surface area contributed by atoms with Gasteiger partial charge in [-0.25, -0.2) is 0 Å². The van der Waals surface area contributed by atoms with Crippen LogP contribution < -0.4 is 0 Å². The van der Waals surface area contributed by atoms with Gasteiger partial charge in [-0.05, 0) is 20.3 Å². The predicted octanol–water partition coefficient (Wildman–Crippen LogP) is 4.98. The summed E-state index contributed by atoms with van der Waals surface area (Å²) in [5, 5.41) is 0. The fourth-order valence-electron chi connectivity index (χ4n) is 1.69. The number of nitrogens with zero attached hydrogens (tertiary/aromatic N) is 1. The summed E-state index contributed by atoms with van der Waals surface area (Å²) in [4.78, 5) is 23.2. The number of hydrogen-bond acceptors (Lipinski definition) is 2. The Balaban J connectivity index is 0. The van der Waals surface area contributed by atoms with Gasteiger partial charge in [0, 0.05) is 19.4 Å². The van der Waals surface area contributed by atoms with Crippen LogP contribution in [0.4, 0.5) is 0 Å². The predicted molar refractivity (Wildman–Crippen MR) is 94.7 cm³/mol. The van der Waals surface area contributed by atoms with Crippen LogP contribution >= 0.6 is 0 Å². The van der Waals surface area contributed by atoms with Gasteiger partial charge in [0.2, 0.25) is 11.8 Å². The molecule has 0 spiro atoms. The molecule has 1 saturated heterocycles.